The van der Waals surface area contributed by atoms with E-state index in [1.54, 1.807) is 36.4 Å². The molecule has 2 amide bonds. The normalized spacial score (nSPS) is 11.2. The predicted octanol–water partition coefficient (Wildman–Crippen LogP) is 4.97. The maximum absolute atomic E-state index is 13.2. The number of hydrogen-bond donors (Lipinski definition) is 0. The second-order valence-electron chi connectivity index (χ2n) is 7.19. The van der Waals surface area contributed by atoms with Crippen molar-refractivity contribution in [1.29, 1.82) is 0 Å². The molecule has 0 aliphatic rings. The van der Waals surface area contributed by atoms with Gasteiger partial charge in [0.1, 0.15) is 0 Å². The molecule has 0 saturated carbocycles. The number of carbonyl (C=O) groups is 2. The summed E-state index contributed by atoms with van der Waals surface area (Å²) in [7, 11) is 0. The lowest BCUT2D eigenvalue weighted by Gasteiger charge is -2.43. The minimum atomic E-state index is -0.588. The molecule has 138 valence electrons. The first-order chi connectivity index (χ1) is 12.1. The summed E-state index contributed by atoms with van der Waals surface area (Å²) in [6.45, 7) is 9.91. The van der Waals surface area contributed by atoms with Crippen molar-refractivity contribution in [3.8, 4) is 0 Å². The molecule has 5 heteroatoms. The lowest BCUT2D eigenvalue weighted by Crippen LogP contribution is -2.58. The van der Waals surface area contributed by atoms with Gasteiger partial charge in [-0.05, 0) is 65.0 Å². The van der Waals surface area contributed by atoms with Crippen molar-refractivity contribution in [2.45, 2.75) is 40.2 Å². The molecule has 0 radical (unpaired) electrons. The Balaban J connectivity index is 2.45. The van der Waals surface area contributed by atoms with Crippen molar-refractivity contribution in [2.24, 2.45) is 0 Å². The fraction of sp³-hybridized carbons (Fsp3) is 0.333. The van der Waals surface area contributed by atoms with Crippen LogP contribution in [0.15, 0.2) is 48.5 Å². The molecule has 0 saturated heterocycles. The molecule has 0 aliphatic carbocycles. The first kappa shape index (κ1) is 20.0. The fourth-order valence-electron chi connectivity index (χ4n) is 2.74. The van der Waals surface area contributed by atoms with Crippen LogP contribution in [0, 0.1) is 6.92 Å². The second-order valence-corrected chi connectivity index (χ2v) is 7.62. The number of aryl methyl sites for hydroxylation is 1. The van der Waals surface area contributed by atoms with Crippen molar-refractivity contribution in [1.82, 2.24) is 10.0 Å². The van der Waals surface area contributed by atoms with Gasteiger partial charge in [-0.2, -0.15) is 0 Å². The zero-order chi connectivity index (χ0) is 19.5. The lowest BCUT2D eigenvalue weighted by atomic mass is 10.1. The van der Waals surface area contributed by atoms with Crippen LogP contribution in [0.2, 0.25) is 5.02 Å². The quantitative estimate of drug-likeness (QED) is 0.714. The van der Waals surface area contributed by atoms with E-state index in [4.69, 9.17) is 11.6 Å². The van der Waals surface area contributed by atoms with Gasteiger partial charge in [-0.15, -0.1) is 0 Å². The summed E-state index contributed by atoms with van der Waals surface area (Å²) in [4.78, 5) is 26.3. The Morgan fingerprint density at radius 3 is 2.08 bits per heavy atom. The van der Waals surface area contributed by atoms with Gasteiger partial charge in [-0.25, -0.2) is 10.0 Å². The average molecular weight is 373 g/mol. The van der Waals surface area contributed by atoms with Gasteiger partial charge in [0.05, 0.1) is 5.54 Å². The van der Waals surface area contributed by atoms with Crippen LogP contribution in [-0.4, -0.2) is 33.9 Å². The van der Waals surface area contributed by atoms with E-state index in [0.717, 1.165) is 5.56 Å². The maximum atomic E-state index is 13.2. The Morgan fingerprint density at radius 1 is 0.962 bits per heavy atom. The van der Waals surface area contributed by atoms with Crippen LogP contribution in [0.3, 0.4) is 0 Å². The molecule has 0 N–H and O–H groups in total. The molecule has 0 bridgehead atoms. The minimum absolute atomic E-state index is 0.210. The molecule has 0 atom stereocenters. The zero-order valence-corrected chi connectivity index (χ0v) is 16.7. The molecule has 2 aromatic carbocycles. The van der Waals surface area contributed by atoms with E-state index in [0.29, 0.717) is 22.7 Å². The number of rotatable bonds is 3. The molecular weight excluding hydrogens is 348 g/mol. The van der Waals surface area contributed by atoms with Crippen molar-refractivity contribution in [2.75, 3.05) is 6.54 Å². The smallest absolute Gasteiger partial charge is 0.267 e. The number of benzene rings is 2. The van der Waals surface area contributed by atoms with Crippen molar-refractivity contribution < 1.29 is 9.59 Å². The Kier molecular flexibility index (Phi) is 6.09. The van der Waals surface area contributed by atoms with E-state index >= 15 is 0 Å². The largest absolute Gasteiger partial charge is 0.273 e. The number of hydrazine groups is 1. The summed E-state index contributed by atoms with van der Waals surface area (Å²) in [6.07, 6.45) is 0. The molecule has 4 nitrogen and oxygen atoms in total. The Labute approximate surface area is 160 Å². The van der Waals surface area contributed by atoms with E-state index < -0.39 is 5.54 Å². The highest BCUT2D eigenvalue weighted by molar-refractivity contribution is 6.31. The topological polar surface area (TPSA) is 40.6 Å². The number of carbonyl (C=O) groups excluding carboxylic acids is 2. The lowest BCUT2D eigenvalue weighted by molar-refractivity contribution is -0.0410. The van der Waals surface area contributed by atoms with Crippen molar-refractivity contribution >= 4 is 23.4 Å². The Hall–Kier alpha value is -2.33. The van der Waals surface area contributed by atoms with Crippen LogP contribution in [0.25, 0.3) is 0 Å². The van der Waals surface area contributed by atoms with E-state index in [9.17, 15) is 9.59 Å². The maximum Gasteiger partial charge on any atom is 0.273 e. The Bertz CT molecular complexity index is 794. The molecule has 0 unspecified atom stereocenters. The zero-order valence-electron chi connectivity index (χ0n) is 15.9. The summed E-state index contributed by atoms with van der Waals surface area (Å²) in [5.41, 5.74) is 1.48. The molecule has 2 rings (SSSR count). The number of nitrogens with zero attached hydrogens (tertiary/aromatic N) is 2. The van der Waals surface area contributed by atoms with Crippen LogP contribution in [0.1, 0.15) is 54.0 Å². The molecule has 2 aromatic rings. The highest BCUT2D eigenvalue weighted by Crippen LogP contribution is 2.23. The molecule has 0 heterocycles. The van der Waals surface area contributed by atoms with Gasteiger partial charge in [0.25, 0.3) is 11.8 Å². The SMILES string of the molecule is CCN(C(=O)c1ccc(C)cc1)N(C(=O)c1cccc(Cl)c1)C(C)(C)C. The van der Waals surface area contributed by atoms with Gasteiger partial charge < -0.3 is 0 Å². The third-order valence-corrected chi connectivity index (χ3v) is 4.21. The third kappa shape index (κ3) is 4.44. The van der Waals surface area contributed by atoms with Crippen molar-refractivity contribution in [3.63, 3.8) is 0 Å². The number of hydrogen-bond acceptors (Lipinski definition) is 2. The summed E-state index contributed by atoms with van der Waals surface area (Å²) < 4.78 is 0. The van der Waals surface area contributed by atoms with E-state index in [1.807, 2.05) is 46.8 Å². The van der Waals surface area contributed by atoms with Gasteiger partial charge in [0.2, 0.25) is 0 Å². The van der Waals surface area contributed by atoms with Gasteiger partial charge in [0, 0.05) is 22.7 Å². The summed E-state index contributed by atoms with van der Waals surface area (Å²) in [6, 6.07) is 14.1. The second kappa shape index (κ2) is 7.92. The average Bonchev–Trinajstić information content (AvgIpc) is 2.58. The number of amides is 2. The Morgan fingerprint density at radius 2 is 1.58 bits per heavy atom. The van der Waals surface area contributed by atoms with Gasteiger partial charge in [0.15, 0.2) is 0 Å². The summed E-state index contributed by atoms with van der Waals surface area (Å²) >= 11 is 6.04. The summed E-state index contributed by atoms with van der Waals surface area (Å²) in [5.74, 6) is -0.472. The molecule has 0 aliphatic heterocycles. The van der Waals surface area contributed by atoms with E-state index in [2.05, 4.69) is 0 Å². The van der Waals surface area contributed by atoms with Crippen LogP contribution in [-0.2, 0) is 0 Å². The minimum Gasteiger partial charge on any atom is -0.267 e. The van der Waals surface area contributed by atoms with Gasteiger partial charge >= 0.3 is 0 Å². The molecule has 0 aromatic heterocycles. The van der Waals surface area contributed by atoms with Crippen LogP contribution < -0.4 is 0 Å². The van der Waals surface area contributed by atoms with Gasteiger partial charge in [-0.1, -0.05) is 35.4 Å². The van der Waals surface area contributed by atoms with Gasteiger partial charge in [-0.3, -0.25) is 9.59 Å². The summed E-state index contributed by atoms with van der Waals surface area (Å²) in [5, 5.41) is 3.49. The van der Waals surface area contributed by atoms with E-state index in [-0.39, 0.29) is 11.8 Å². The third-order valence-electron chi connectivity index (χ3n) is 3.97. The van der Waals surface area contributed by atoms with E-state index in [1.165, 1.54) is 10.0 Å². The molecule has 0 spiro atoms. The molecule has 0 fully saturated rings. The standard InChI is InChI=1S/C21H25ClN2O2/c1-6-23(19(25)16-12-10-15(2)11-13-16)24(21(3,4)5)20(26)17-8-7-9-18(22)14-17/h7-14H,6H2,1-5H3. The monoisotopic (exact) mass is 372 g/mol. The number of halogens is 1. The highest BCUT2D eigenvalue weighted by Gasteiger charge is 2.35. The van der Waals surface area contributed by atoms with Crippen LogP contribution in [0.5, 0.6) is 0 Å². The molecule has 26 heavy (non-hydrogen) atoms. The van der Waals surface area contributed by atoms with Crippen LogP contribution >= 0.6 is 11.6 Å². The first-order valence-electron chi connectivity index (χ1n) is 8.63. The van der Waals surface area contributed by atoms with Crippen molar-refractivity contribution in [3.05, 3.63) is 70.2 Å². The van der Waals surface area contributed by atoms with Crippen LogP contribution in [0.4, 0.5) is 0 Å². The fourth-order valence-corrected chi connectivity index (χ4v) is 2.93. The first-order valence-corrected chi connectivity index (χ1v) is 9.01. The predicted molar refractivity (Wildman–Crippen MR) is 105 cm³/mol. The molecular formula is C21H25ClN2O2. The highest BCUT2D eigenvalue weighted by atomic mass is 35.5.